The molecule has 2 rings (SSSR count). The van der Waals surface area contributed by atoms with Crippen LogP contribution in [0.1, 0.15) is 53.9 Å². The van der Waals surface area contributed by atoms with Gasteiger partial charge in [-0.15, -0.1) is 0 Å². The van der Waals surface area contributed by atoms with Crippen molar-refractivity contribution < 1.29 is 19.4 Å². The monoisotopic (exact) mass is 418 g/mol. The van der Waals surface area contributed by atoms with Crippen LogP contribution < -0.4 is 19.9 Å². The van der Waals surface area contributed by atoms with Gasteiger partial charge in [0.15, 0.2) is 11.6 Å². The van der Waals surface area contributed by atoms with E-state index in [4.69, 9.17) is 9.47 Å². The molecule has 0 saturated carbocycles. The predicted octanol–water partition coefficient (Wildman–Crippen LogP) is 5.13. The van der Waals surface area contributed by atoms with Crippen molar-refractivity contribution in [2.45, 2.75) is 60.4 Å². The Hall–Kier alpha value is -2.70. The fourth-order valence-electron chi connectivity index (χ4n) is 3.20. The van der Waals surface area contributed by atoms with Crippen molar-refractivity contribution in [3.05, 3.63) is 28.6 Å². The number of rotatable bonds is 9. The zero-order chi connectivity index (χ0) is 22.5. The van der Waals surface area contributed by atoms with Gasteiger partial charge in [-0.2, -0.15) is 0 Å². The lowest BCUT2D eigenvalue weighted by atomic mass is 9.96. The normalized spacial score (nSPS) is 11.5. The molecule has 0 aliphatic carbocycles. The van der Waals surface area contributed by atoms with Crippen LogP contribution in [0, 0.1) is 5.41 Å². The molecule has 2 aromatic rings. The van der Waals surface area contributed by atoms with Crippen LogP contribution in [-0.2, 0) is 6.54 Å². The molecule has 0 aliphatic heterocycles. The van der Waals surface area contributed by atoms with Gasteiger partial charge < -0.3 is 14.6 Å². The second kappa shape index (κ2) is 9.87. The molecule has 0 spiro atoms. The van der Waals surface area contributed by atoms with Gasteiger partial charge in [-0.05, 0) is 36.5 Å². The first kappa shape index (κ1) is 23.6. The number of nitrogens with zero attached hydrogens (tertiary/aromatic N) is 2. The van der Waals surface area contributed by atoms with E-state index in [2.05, 4.69) is 6.92 Å². The number of hydrogen-bond donors (Lipinski definition) is 1. The molecule has 1 N–H and O–H groups in total. The number of benzene rings is 1. The second-order valence-electron chi connectivity index (χ2n) is 8.70. The Bertz CT molecular complexity index is 943. The SMILES string of the molecule is CCCCOc1c(N(C)C(=O)O)n(CC(C)(C)C)c(=O)c2ccc(OCCC)cc12. The number of pyridine rings is 1. The molecule has 1 aromatic heterocycles. The molecule has 166 valence electrons. The van der Waals surface area contributed by atoms with E-state index in [0.717, 1.165) is 24.2 Å². The molecule has 1 aromatic carbocycles. The highest BCUT2D eigenvalue weighted by Crippen LogP contribution is 2.37. The minimum absolute atomic E-state index is 0.240. The smallest absolute Gasteiger partial charge is 0.412 e. The summed E-state index contributed by atoms with van der Waals surface area (Å²) >= 11 is 0. The number of aromatic nitrogens is 1. The maximum Gasteiger partial charge on any atom is 0.412 e. The first-order valence-electron chi connectivity index (χ1n) is 10.5. The summed E-state index contributed by atoms with van der Waals surface area (Å²) in [4.78, 5) is 26.4. The van der Waals surface area contributed by atoms with E-state index in [-0.39, 0.29) is 16.8 Å². The third-order valence-electron chi connectivity index (χ3n) is 4.62. The van der Waals surface area contributed by atoms with E-state index in [9.17, 15) is 14.7 Å². The van der Waals surface area contributed by atoms with Crippen LogP contribution in [0.2, 0.25) is 0 Å². The Kier molecular flexibility index (Phi) is 7.76. The van der Waals surface area contributed by atoms with Crippen molar-refractivity contribution in [3.63, 3.8) is 0 Å². The lowest BCUT2D eigenvalue weighted by Crippen LogP contribution is -2.35. The first-order chi connectivity index (χ1) is 14.1. The fourth-order valence-corrected chi connectivity index (χ4v) is 3.20. The van der Waals surface area contributed by atoms with Gasteiger partial charge in [0.05, 0.1) is 18.6 Å². The molecule has 0 unspecified atom stereocenters. The molecule has 0 fully saturated rings. The Balaban J connectivity index is 2.85. The molecule has 7 heteroatoms. The summed E-state index contributed by atoms with van der Waals surface area (Å²) in [5.41, 5.74) is -0.482. The molecule has 0 radical (unpaired) electrons. The maximum absolute atomic E-state index is 13.4. The summed E-state index contributed by atoms with van der Waals surface area (Å²) < 4.78 is 13.4. The average molecular weight is 419 g/mol. The number of amides is 1. The standard InChI is InChI=1S/C23H34N2O5/c1-7-9-13-30-19-18-14-16(29-12-8-2)10-11-17(18)21(26)25(15-23(3,4)5)20(19)24(6)22(27)28/h10-11,14H,7-9,12-13,15H2,1-6H3,(H,27,28). The van der Waals surface area contributed by atoms with Gasteiger partial charge in [0.2, 0.25) is 0 Å². The first-order valence-corrected chi connectivity index (χ1v) is 10.5. The van der Waals surface area contributed by atoms with Crippen molar-refractivity contribution in [2.24, 2.45) is 5.41 Å². The molecule has 0 aliphatic rings. The van der Waals surface area contributed by atoms with Crippen LogP contribution in [0.25, 0.3) is 10.8 Å². The van der Waals surface area contributed by atoms with Crippen LogP contribution in [0.15, 0.2) is 23.0 Å². The van der Waals surface area contributed by atoms with Gasteiger partial charge in [0.25, 0.3) is 5.56 Å². The van der Waals surface area contributed by atoms with Gasteiger partial charge in [0.1, 0.15) is 5.75 Å². The Morgan fingerprint density at radius 3 is 2.37 bits per heavy atom. The third kappa shape index (κ3) is 5.46. The quantitative estimate of drug-likeness (QED) is 0.571. The number of hydrogen-bond acceptors (Lipinski definition) is 4. The van der Waals surface area contributed by atoms with Crippen molar-refractivity contribution in [3.8, 4) is 11.5 Å². The number of carbonyl (C=O) groups is 1. The Morgan fingerprint density at radius 2 is 1.80 bits per heavy atom. The van der Waals surface area contributed by atoms with Crippen LogP contribution in [0.3, 0.4) is 0 Å². The fraction of sp³-hybridized carbons (Fsp3) is 0.565. The van der Waals surface area contributed by atoms with Gasteiger partial charge in [0, 0.05) is 19.0 Å². The van der Waals surface area contributed by atoms with Gasteiger partial charge in [-0.3, -0.25) is 14.3 Å². The van der Waals surface area contributed by atoms with Crippen molar-refractivity contribution in [1.29, 1.82) is 0 Å². The van der Waals surface area contributed by atoms with Gasteiger partial charge >= 0.3 is 6.09 Å². The predicted molar refractivity (Wildman–Crippen MR) is 120 cm³/mol. The minimum Gasteiger partial charge on any atom is -0.494 e. The summed E-state index contributed by atoms with van der Waals surface area (Å²) in [6.07, 6.45) is 1.46. The van der Waals surface area contributed by atoms with Crippen LogP contribution in [0.4, 0.5) is 10.6 Å². The molecular formula is C23H34N2O5. The van der Waals surface area contributed by atoms with Crippen molar-refractivity contribution in [2.75, 3.05) is 25.2 Å². The highest BCUT2D eigenvalue weighted by molar-refractivity contribution is 5.97. The lowest BCUT2D eigenvalue weighted by molar-refractivity contribution is 0.202. The van der Waals surface area contributed by atoms with E-state index in [0.29, 0.717) is 42.0 Å². The van der Waals surface area contributed by atoms with E-state index in [1.807, 2.05) is 27.7 Å². The molecule has 30 heavy (non-hydrogen) atoms. The molecule has 0 saturated heterocycles. The zero-order valence-corrected chi connectivity index (χ0v) is 18.9. The number of anilines is 1. The topological polar surface area (TPSA) is 81.0 Å². The molecule has 1 heterocycles. The minimum atomic E-state index is -1.16. The molecule has 0 atom stereocenters. The Morgan fingerprint density at radius 1 is 1.10 bits per heavy atom. The highest BCUT2D eigenvalue weighted by Gasteiger charge is 2.27. The van der Waals surface area contributed by atoms with E-state index >= 15 is 0 Å². The lowest BCUT2D eigenvalue weighted by Gasteiger charge is -2.28. The Labute approximate surface area is 178 Å². The summed E-state index contributed by atoms with van der Waals surface area (Å²) in [5, 5.41) is 10.8. The highest BCUT2D eigenvalue weighted by atomic mass is 16.5. The number of fused-ring (bicyclic) bond motifs is 1. The van der Waals surface area contributed by atoms with Crippen molar-refractivity contribution in [1.82, 2.24) is 4.57 Å². The van der Waals surface area contributed by atoms with Crippen molar-refractivity contribution >= 4 is 22.7 Å². The summed E-state index contributed by atoms with van der Waals surface area (Å²) in [6, 6.07) is 5.28. The third-order valence-corrected chi connectivity index (χ3v) is 4.62. The average Bonchev–Trinajstić information content (AvgIpc) is 2.68. The molecule has 0 bridgehead atoms. The molecular weight excluding hydrogens is 384 g/mol. The van der Waals surface area contributed by atoms with Crippen LogP contribution in [-0.4, -0.2) is 36.0 Å². The van der Waals surface area contributed by atoms with Crippen LogP contribution in [0.5, 0.6) is 11.5 Å². The summed E-state index contributed by atoms with van der Waals surface area (Å²) in [5.74, 6) is 1.27. The number of carboxylic acid groups (broad SMARTS) is 1. The number of unbranched alkanes of at least 4 members (excludes halogenated alkanes) is 1. The zero-order valence-electron chi connectivity index (χ0n) is 18.9. The summed E-state index contributed by atoms with van der Waals surface area (Å²) in [7, 11) is 1.44. The number of ether oxygens (including phenoxy) is 2. The van der Waals surface area contributed by atoms with E-state index in [1.54, 1.807) is 18.2 Å². The maximum atomic E-state index is 13.4. The van der Waals surface area contributed by atoms with Crippen LogP contribution >= 0.6 is 0 Å². The van der Waals surface area contributed by atoms with Gasteiger partial charge in [-0.25, -0.2) is 4.79 Å². The van der Waals surface area contributed by atoms with E-state index in [1.165, 1.54) is 11.6 Å². The summed E-state index contributed by atoms with van der Waals surface area (Å²) in [6.45, 7) is 11.4. The second-order valence-corrected chi connectivity index (χ2v) is 8.70. The van der Waals surface area contributed by atoms with E-state index < -0.39 is 6.09 Å². The molecule has 1 amide bonds. The largest absolute Gasteiger partial charge is 0.494 e. The molecule has 7 nitrogen and oxygen atoms in total. The van der Waals surface area contributed by atoms with Gasteiger partial charge in [-0.1, -0.05) is 41.0 Å².